The summed E-state index contributed by atoms with van der Waals surface area (Å²) in [5.41, 5.74) is 6.87. The van der Waals surface area contributed by atoms with E-state index in [1.54, 1.807) is 6.07 Å². The monoisotopic (exact) mass is 284 g/mol. The van der Waals surface area contributed by atoms with Gasteiger partial charge in [-0.1, -0.05) is 31.0 Å². The van der Waals surface area contributed by atoms with Gasteiger partial charge in [0.15, 0.2) is 0 Å². The molecule has 1 fully saturated rings. The van der Waals surface area contributed by atoms with Gasteiger partial charge in [-0.2, -0.15) is 0 Å². The summed E-state index contributed by atoms with van der Waals surface area (Å²) in [7, 11) is 0. The number of nitrogens with two attached hydrogens (primary N) is 1. The van der Waals surface area contributed by atoms with Crippen molar-refractivity contribution in [3.8, 4) is 0 Å². The Labute approximate surface area is 119 Å². The third-order valence-corrected chi connectivity index (χ3v) is 4.04. The van der Waals surface area contributed by atoms with Crippen molar-refractivity contribution >= 4 is 11.6 Å². The van der Waals surface area contributed by atoms with Crippen molar-refractivity contribution in [2.75, 3.05) is 13.1 Å². The molecule has 0 amide bonds. The Morgan fingerprint density at radius 3 is 2.74 bits per heavy atom. The van der Waals surface area contributed by atoms with E-state index in [2.05, 4.69) is 11.8 Å². The molecule has 0 bridgehead atoms. The molecule has 1 saturated carbocycles. The van der Waals surface area contributed by atoms with Crippen LogP contribution in [-0.4, -0.2) is 24.0 Å². The lowest BCUT2D eigenvalue weighted by molar-refractivity contribution is 0.188. The summed E-state index contributed by atoms with van der Waals surface area (Å²) < 4.78 is 13.6. The Morgan fingerprint density at radius 2 is 2.21 bits per heavy atom. The minimum atomic E-state index is -0.358. The van der Waals surface area contributed by atoms with Crippen LogP contribution >= 0.6 is 11.6 Å². The van der Waals surface area contributed by atoms with Gasteiger partial charge < -0.3 is 5.73 Å². The molecule has 0 spiro atoms. The van der Waals surface area contributed by atoms with Gasteiger partial charge in [0.1, 0.15) is 5.82 Å². The molecular formula is C15H22ClFN2. The minimum absolute atomic E-state index is 0.103. The number of unbranched alkanes of at least 4 members (excludes halogenated alkanes) is 1. The average molecular weight is 285 g/mol. The highest BCUT2D eigenvalue weighted by Crippen LogP contribution is 2.35. The van der Waals surface area contributed by atoms with Crippen molar-refractivity contribution in [2.24, 2.45) is 5.73 Å². The number of rotatable bonds is 7. The molecule has 0 aromatic heterocycles. The standard InChI is InChI=1S/C15H22ClFN2/c1-2-3-8-19(12-5-6-12)15(10-18)11-4-7-13(16)14(17)9-11/h4,7,9,12,15H,2-3,5-6,8,10,18H2,1H3. The van der Waals surface area contributed by atoms with Crippen molar-refractivity contribution in [1.29, 1.82) is 0 Å². The Morgan fingerprint density at radius 1 is 1.47 bits per heavy atom. The second-order valence-corrected chi connectivity index (χ2v) is 5.65. The van der Waals surface area contributed by atoms with E-state index in [1.165, 1.54) is 18.9 Å². The molecule has 4 heteroatoms. The molecule has 1 aromatic carbocycles. The van der Waals surface area contributed by atoms with Crippen LogP contribution in [0.3, 0.4) is 0 Å². The Balaban J connectivity index is 2.17. The molecule has 1 atom stereocenters. The fraction of sp³-hybridized carbons (Fsp3) is 0.600. The second kappa shape index (κ2) is 6.69. The first kappa shape index (κ1) is 14.8. The van der Waals surface area contributed by atoms with Gasteiger partial charge >= 0.3 is 0 Å². The van der Waals surface area contributed by atoms with Crippen LogP contribution in [0.4, 0.5) is 4.39 Å². The summed E-state index contributed by atoms with van der Waals surface area (Å²) >= 11 is 5.75. The van der Waals surface area contributed by atoms with Gasteiger partial charge in [-0.25, -0.2) is 4.39 Å². The molecule has 1 aliphatic rings. The van der Waals surface area contributed by atoms with Gasteiger partial charge in [-0.3, -0.25) is 4.90 Å². The lowest BCUT2D eigenvalue weighted by atomic mass is 10.0. The topological polar surface area (TPSA) is 29.3 Å². The molecule has 1 aromatic rings. The number of halogens is 2. The first-order chi connectivity index (χ1) is 9.17. The van der Waals surface area contributed by atoms with Crippen LogP contribution in [0.15, 0.2) is 18.2 Å². The highest BCUT2D eigenvalue weighted by molar-refractivity contribution is 6.30. The van der Waals surface area contributed by atoms with Gasteiger partial charge in [0, 0.05) is 18.6 Å². The molecule has 0 aliphatic heterocycles. The van der Waals surface area contributed by atoms with Crippen LogP contribution in [0, 0.1) is 5.82 Å². The van der Waals surface area contributed by atoms with Crippen molar-refractivity contribution < 1.29 is 4.39 Å². The van der Waals surface area contributed by atoms with Crippen molar-refractivity contribution in [3.63, 3.8) is 0 Å². The third-order valence-electron chi connectivity index (χ3n) is 3.74. The van der Waals surface area contributed by atoms with E-state index in [0.717, 1.165) is 24.9 Å². The van der Waals surface area contributed by atoms with Crippen LogP contribution < -0.4 is 5.73 Å². The molecular weight excluding hydrogens is 263 g/mol. The number of benzene rings is 1. The highest BCUT2D eigenvalue weighted by Gasteiger charge is 2.33. The summed E-state index contributed by atoms with van der Waals surface area (Å²) in [5, 5.41) is 0.172. The molecule has 1 unspecified atom stereocenters. The molecule has 2 rings (SSSR count). The minimum Gasteiger partial charge on any atom is -0.329 e. The molecule has 0 radical (unpaired) electrons. The van der Waals surface area contributed by atoms with E-state index < -0.39 is 0 Å². The van der Waals surface area contributed by atoms with E-state index in [9.17, 15) is 4.39 Å². The summed E-state index contributed by atoms with van der Waals surface area (Å²) in [6.45, 7) is 3.74. The fourth-order valence-electron chi connectivity index (χ4n) is 2.52. The maximum absolute atomic E-state index is 13.6. The highest BCUT2D eigenvalue weighted by atomic mass is 35.5. The van der Waals surface area contributed by atoms with Crippen LogP contribution in [0.2, 0.25) is 5.02 Å². The normalized spacial score (nSPS) is 16.9. The zero-order chi connectivity index (χ0) is 13.8. The smallest absolute Gasteiger partial charge is 0.142 e. The lowest BCUT2D eigenvalue weighted by Crippen LogP contribution is -2.36. The molecule has 19 heavy (non-hydrogen) atoms. The van der Waals surface area contributed by atoms with Gasteiger partial charge in [-0.15, -0.1) is 0 Å². The van der Waals surface area contributed by atoms with E-state index >= 15 is 0 Å². The van der Waals surface area contributed by atoms with E-state index in [1.807, 2.05) is 6.07 Å². The Kier molecular flexibility index (Phi) is 5.20. The summed E-state index contributed by atoms with van der Waals surface area (Å²) in [5.74, 6) is -0.358. The zero-order valence-corrected chi connectivity index (χ0v) is 12.2. The first-order valence-electron chi connectivity index (χ1n) is 7.08. The van der Waals surface area contributed by atoms with Crippen LogP contribution in [-0.2, 0) is 0 Å². The largest absolute Gasteiger partial charge is 0.329 e. The van der Waals surface area contributed by atoms with Crippen molar-refractivity contribution in [2.45, 2.75) is 44.7 Å². The first-order valence-corrected chi connectivity index (χ1v) is 7.46. The number of nitrogens with zero attached hydrogens (tertiary/aromatic N) is 1. The third kappa shape index (κ3) is 3.68. The SMILES string of the molecule is CCCCN(C1CC1)C(CN)c1ccc(Cl)c(F)c1. The van der Waals surface area contributed by atoms with Crippen LogP contribution in [0.25, 0.3) is 0 Å². The van der Waals surface area contributed by atoms with E-state index in [-0.39, 0.29) is 16.9 Å². The number of hydrogen-bond acceptors (Lipinski definition) is 2. The molecule has 2 N–H and O–H groups in total. The van der Waals surface area contributed by atoms with Crippen molar-refractivity contribution in [1.82, 2.24) is 4.90 Å². The van der Waals surface area contributed by atoms with Gasteiger partial charge in [0.2, 0.25) is 0 Å². The number of hydrogen-bond donors (Lipinski definition) is 1. The predicted octanol–water partition coefficient (Wildman–Crippen LogP) is 3.74. The lowest BCUT2D eigenvalue weighted by Gasteiger charge is -2.31. The Hall–Kier alpha value is -0.640. The molecule has 1 aliphatic carbocycles. The molecule has 0 heterocycles. The predicted molar refractivity (Wildman–Crippen MR) is 77.8 cm³/mol. The van der Waals surface area contributed by atoms with Gasteiger partial charge in [0.25, 0.3) is 0 Å². The molecule has 2 nitrogen and oxygen atoms in total. The maximum Gasteiger partial charge on any atom is 0.142 e. The van der Waals surface area contributed by atoms with E-state index in [4.69, 9.17) is 17.3 Å². The second-order valence-electron chi connectivity index (χ2n) is 5.25. The summed E-state index contributed by atoms with van der Waals surface area (Å²) in [4.78, 5) is 2.44. The molecule has 0 saturated heterocycles. The molecule has 106 valence electrons. The van der Waals surface area contributed by atoms with Gasteiger partial charge in [0.05, 0.1) is 5.02 Å². The maximum atomic E-state index is 13.6. The fourth-order valence-corrected chi connectivity index (χ4v) is 2.64. The van der Waals surface area contributed by atoms with Crippen LogP contribution in [0.1, 0.15) is 44.2 Å². The van der Waals surface area contributed by atoms with E-state index in [0.29, 0.717) is 12.6 Å². The van der Waals surface area contributed by atoms with Gasteiger partial charge in [-0.05, 0) is 43.5 Å². The van der Waals surface area contributed by atoms with Crippen molar-refractivity contribution in [3.05, 3.63) is 34.6 Å². The Bertz CT molecular complexity index is 421. The summed E-state index contributed by atoms with van der Waals surface area (Å²) in [6, 6.07) is 5.77. The quantitative estimate of drug-likeness (QED) is 0.826. The zero-order valence-electron chi connectivity index (χ0n) is 11.4. The summed E-state index contributed by atoms with van der Waals surface area (Å²) in [6.07, 6.45) is 4.78. The van der Waals surface area contributed by atoms with Crippen LogP contribution in [0.5, 0.6) is 0 Å². The average Bonchev–Trinajstić information content (AvgIpc) is 3.22.